The summed E-state index contributed by atoms with van der Waals surface area (Å²) >= 11 is 0. The molecule has 12 heterocycles. The summed E-state index contributed by atoms with van der Waals surface area (Å²) in [5, 5.41) is 7.30. The molecular weight excluding hydrogens is 1450 g/mol. The highest BCUT2D eigenvalue weighted by molar-refractivity contribution is 6.12. The fraction of sp³-hybridized carbons (Fsp3) is 0.396. The zero-order chi connectivity index (χ0) is 106. The van der Waals surface area contributed by atoms with Gasteiger partial charge in [-0.1, -0.05) is 200 Å². The number of fused-ring (bicyclic) bond motifs is 12. The Labute approximate surface area is 734 Å². The van der Waals surface area contributed by atoms with E-state index in [4.69, 9.17) is 60.5 Å². The van der Waals surface area contributed by atoms with E-state index in [-0.39, 0.29) is 17.0 Å². The van der Waals surface area contributed by atoms with Crippen LogP contribution in [0.4, 0.5) is 0 Å². The van der Waals surface area contributed by atoms with Crippen molar-refractivity contribution in [1.29, 1.82) is 0 Å². The van der Waals surface area contributed by atoms with Crippen LogP contribution in [0.2, 0.25) is 0 Å². The smallest absolute Gasteiger partial charge is 0.227 e. The molecule has 16 rings (SSSR count). The van der Waals surface area contributed by atoms with E-state index in [1.807, 2.05) is 111 Å². The molecule has 0 aliphatic heterocycles. The predicted molar refractivity (Wildman–Crippen MR) is 491 cm³/mol. The normalized spacial score (nSPS) is 17.1. The topological polar surface area (TPSA) is 120 Å². The first kappa shape index (κ1) is 59.0. The lowest BCUT2D eigenvalue weighted by atomic mass is 9.90. The quantitative estimate of drug-likeness (QED) is 0.0878. The minimum absolute atomic E-state index is 0.165. The SMILES string of the molecule is [2H]C(C)(C)c1cc(-c2c(C)ccc3c2oc2nc(C(C)C)ccc23)[n+](C)cc1C(C)C.[2H]C(C)(C)c1cc(-c2c(C)ccc3c2oc2nc(CC)ccc23)[n+](C)cc1C(C)C.[2H]C([2H])([2H])C([2H])(C)c1cc(-c2c(C)ccc3c2oc2nc(C(C)C)ccc23)[n+](C)cc1C([2H])(C([2H])([2H])[2H])C([2H])([2H])[2H].[2H]C([2H])([2H])C([2H])(C)c1cc(-c2c(C)ccc3c2oc2nc(CC)ccc23)[n+](C)cc1C([2H])(C([2H])([2H])[2H])C([2H])([2H])[2H]. The van der Waals surface area contributed by atoms with Gasteiger partial charge in [0.1, 0.15) is 28.2 Å². The molecule has 0 radical (unpaired) electrons. The molecule has 0 amide bonds. The first-order chi connectivity index (χ1) is 65.3. The van der Waals surface area contributed by atoms with Gasteiger partial charge in [0.05, 0.1) is 22.3 Å². The monoisotopic (exact) mass is 1600 g/mol. The summed E-state index contributed by atoms with van der Waals surface area (Å²) in [6.45, 7) is 19.6. The molecule has 0 bridgehead atoms. The van der Waals surface area contributed by atoms with Crippen LogP contribution in [0.5, 0.6) is 0 Å². The molecule has 16 aromatic rings. The van der Waals surface area contributed by atoms with Gasteiger partial charge in [-0.05, 0) is 193 Å². The second-order valence-corrected chi connectivity index (χ2v) is 33.2. The summed E-state index contributed by atoms with van der Waals surface area (Å²) in [5.41, 5.74) is 21.1. The lowest BCUT2D eigenvalue weighted by Crippen LogP contribution is -2.32. The number of hydrogen-bond acceptors (Lipinski definition) is 8. The number of hydrogen-bond donors (Lipinski definition) is 0. The molecule has 118 heavy (non-hydrogen) atoms. The van der Waals surface area contributed by atoms with E-state index < -0.39 is 87.6 Å². The summed E-state index contributed by atoms with van der Waals surface area (Å²) in [6.07, 6.45) is 8.26. The Kier molecular flexibility index (Phi) is 17.2. The van der Waals surface area contributed by atoms with Gasteiger partial charge < -0.3 is 17.7 Å². The molecule has 2 atom stereocenters. The van der Waals surface area contributed by atoms with Gasteiger partial charge in [0.15, 0.2) is 47.1 Å². The summed E-state index contributed by atoms with van der Waals surface area (Å²) < 4.78 is 230. The van der Waals surface area contributed by atoms with E-state index in [0.29, 0.717) is 80.7 Å². The molecule has 612 valence electrons. The number of nitrogens with zero attached hydrogens (tertiary/aromatic N) is 8. The maximum atomic E-state index is 8.89. The highest BCUT2D eigenvalue weighted by Crippen LogP contribution is 2.44. The molecule has 2 unspecified atom stereocenters. The van der Waals surface area contributed by atoms with Crippen molar-refractivity contribution in [3.05, 3.63) is 236 Å². The van der Waals surface area contributed by atoms with E-state index in [2.05, 4.69) is 169 Å². The van der Waals surface area contributed by atoms with Crippen LogP contribution < -0.4 is 18.3 Å². The lowest BCUT2D eigenvalue weighted by molar-refractivity contribution is -0.661. The molecular formula is C106H128N8O4+4. The Morgan fingerprint density at radius 3 is 0.780 bits per heavy atom. The average Bonchev–Trinajstić information content (AvgIpc) is 0.903. The number of aromatic nitrogens is 8. The Morgan fingerprint density at radius 1 is 0.288 bits per heavy atom. The minimum Gasteiger partial charge on any atom is -0.437 e. The van der Waals surface area contributed by atoms with E-state index in [1.165, 1.54) is 32.4 Å². The number of rotatable bonds is 16. The van der Waals surface area contributed by atoms with Crippen LogP contribution >= 0.6 is 0 Å². The zero-order valence-electron chi connectivity index (χ0n) is 96.8. The molecule has 0 spiro atoms. The van der Waals surface area contributed by atoms with Crippen molar-refractivity contribution in [2.45, 2.75) is 251 Å². The Balaban J connectivity index is 0.000000160. The average molecular weight is 1600 g/mol. The van der Waals surface area contributed by atoms with Crippen molar-refractivity contribution in [2.75, 3.05) is 0 Å². The summed E-state index contributed by atoms with van der Waals surface area (Å²) in [7, 11) is 7.26. The fourth-order valence-electron chi connectivity index (χ4n) is 16.1. The van der Waals surface area contributed by atoms with Crippen molar-refractivity contribution in [1.82, 2.24) is 19.9 Å². The molecule has 0 saturated heterocycles. The highest BCUT2D eigenvalue weighted by Gasteiger charge is 2.31. The minimum atomic E-state index is -3.37. The standard InChI is InChI=1S/2C27H33N2O.2C26H31N2O/c2*1-15(2)21-13-24(29(8)14-22(21)16(3)4)25-18(7)9-10-19-20-11-12-23(17(5)6)28-27(20)30-26(19)25;2*1-8-18-10-12-20-19-11-9-17(6)24(25(19)29-26(20)27-18)23-13-21(15(2)3)22(16(4)5)14-28(23)7/h2*9-17H,1-8H3;2*9-16H,8H2,1-7H3/q4*+1/i1D3,3D3,4D3,15D,16D;15D;2D3,4D3,5D3,15D,16D;15D. The van der Waals surface area contributed by atoms with E-state index in [9.17, 15) is 0 Å². The van der Waals surface area contributed by atoms with Gasteiger partial charge in [0, 0.05) is 145 Å². The molecule has 0 N–H and O–H groups in total. The number of pyridine rings is 8. The van der Waals surface area contributed by atoms with Gasteiger partial charge in [0.2, 0.25) is 45.6 Å². The predicted octanol–water partition coefficient (Wildman–Crippen LogP) is 27.5. The second-order valence-electron chi connectivity index (χ2n) is 33.2. The number of benzene rings is 4. The molecule has 12 heteroatoms. The van der Waals surface area contributed by atoms with Gasteiger partial charge in [0.25, 0.3) is 0 Å². The number of aryl methyl sites for hydroxylation is 10. The lowest BCUT2D eigenvalue weighted by Gasteiger charge is -2.16. The van der Waals surface area contributed by atoms with Crippen LogP contribution in [0.1, 0.15) is 333 Å². The van der Waals surface area contributed by atoms with Crippen LogP contribution in [-0.4, -0.2) is 19.9 Å². The zero-order valence-corrected chi connectivity index (χ0v) is 72.8. The van der Waals surface area contributed by atoms with Crippen molar-refractivity contribution < 1.29 is 68.8 Å². The third-order valence-electron chi connectivity index (χ3n) is 22.8. The molecule has 4 aromatic carbocycles. The molecule has 12 aromatic heterocycles. The van der Waals surface area contributed by atoms with Crippen LogP contribution in [0, 0.1) is 27.7 Å². The van der Waals surface area contributed by atoms with Crippen molar-refractivity contribution in [2.24, 2.45) is 28.2 Å². The summed E-state index contributed by atoms with van der Waals surface area (Å²) in [6, 6.07) is 39.2. The third-order valence-corrected chi connectivity index (χ3v) is 22.8. The molecule has 0 saturated carbocycles. The Bertz CT molecular complexity index is 7570. The van der Waals surface area contributed by atoms with Gasteiger partial charge in [-0.3, -0.25) is 0 Å². The van der Waals surface area contributed by atoms with Gasteiger partial charge >= 0.3 is 0 Å². The molecule has 0 fully saturated rings. The van der Waals surface area contributed by atoms with Crippen LogP contribution in [0.3, 0.4) is 0 Å². The fourth-order valence-corrected chi connectivity index (χ4v) is 16.1. The largest absolute Gasteiger partial charge is 0.437 e. The second kappa shape index (κ2) is 34.3. The molecule has 12 nitrogen and oxygen atoms in total. The maximum Gasteiger partial charge on any atom is 0.227 e. The van der Waals surface area contributed by atoms with Gasteiger partial charge in [-0.2, -0.15) is 0 Å². The van der Waals surface area contributed by atoms with Gasteiger partial charge in [-0.15, -0.1) is 0 Å². The molecule has 0 aliphatic carbocycles. The summed E-state index contributed by atoms with van der Waals surface area (Å²) in [5.74, 6) is -11.5. The maximum absolute atomic E-state index is 8.89. The first-order valence-electron chi connectivity index (χ1n) is 52.8. The molecule has 0 aliphatic rings. The Hall–Kier alpha value is -10.7. The Morgan fingerprint density at radius 2 is 0.534 bits per heavy atom. The van der Waals surface area contributed by atoms with E-state index in [1.54, 1.807) is 14.1 Å². The van der Waals surface area contributed by atoms with E-state index in [0.717, 1.165) is 166 Å². The number of furan rings is 4. The van der Waals surface area contributed by atoms with Gasteiger partial charge in [-0.25, -0.2) is 38.2 Å². The van der Waals surface area contributed by atoms with Crippen molar-refractivity contribution >= 4 is 88.3 Å². The van der Waals surface area contributed by atoms with Crippen molar-refractivity contribution in [3.8, 4) is 45.0 Å². The highest BCUT2D eigenvalue weighted by atomic mass is 16.4. The van der Waals surface area contributed by atoms with Crippen LogP contribution in [-0.2, 0) is 41.0 Å². The first-order valence-corrected chi connectivity index (χ1v) is 40.8. The summed E-state index contributed by atoms with van der Waals surface area (Å²) in [4.78, 5) is 18.7. The van der Waals surface area contributed by atoms with E-state index >= 15 is 0 Å². The van der Waals surface area contributed by atoms with Crippen LogP contribution in [0.25, 0.3) is 133 Å². The van der Waals surface area contributed by atoms with Crippen molar-refractivity contribution in [3.63, 3.8) is 0 Å². The van der Waals surface area contributed by atoms with Crippen LogP contribution in [0.15, 0.2) is 164 Å². The third kappa shape index (κ3) is 16.3.